The van der Waals surface area contributed by atoms with E-state index in [1.165, 1.54) is 11.8 Å². The Bertz CT molecular complexity index is 1340. The van der Waals surface area contributed by atoms with Crippen molar-refractivity contribution in [3.8, 4) is 0 Å². The van der Waals surface area contributed by atoms with Gasteiger partial charge < -0.3 is 24.4 Å². The molecule has 1 aliphatic carbocycles. The van der Waals surface area contributed by atoms with Crippen molar-refractivity contribution in [1.29, 1.82) is 0 Å². The first-order valence-corrected chi connectivity index (χ1v) is 14.5. The summed E-state index contributed by atoms with van der Waals surface area (Å²) in [5, 5.41) is 10.2. The molecule has 0 aromatic carbocycles. The van der Waals surface area contributed by atoms with Crippen LogP contribution in [-0.2, 0) is 24.4 Å². The van der Waals surface area contributed by atoms with E-state index in [0.717, 1.165) is 0 Å². The number of thiocarbonyl (C=S) groups is 1. The van der Waals surface area contributed by atoms with E-state index < -0.39 is 16.4 Å². The van der Waals surface area contributed by atoms with Crippen molar-refractivity contribution in [2.75, 3.05) is 30.3 Å². The van der Waals surface area contributed by atoms with E-state index in [1.54, 1.807) is 60.3 Å². The number of allylic oxidation sites excluding steroid dienone is 4. The Morgan fingerprint density at radius 2 is 2.05 bits per heavy atom. The number of aliphatic hydroxyl groups excluding tert-OH is 1. The van der Waals surface area contributed by atoms with E-state index in [4.69, 9.17) is 37.8 Å². The molecule has 2 atom stereocenters. The second-order valence-corrected chi connectivity index (χ2v) is 11.2. The van der Waals surface area contributed by atoms with Crippen molar-refractivity contribution in [1.82, 2.24) is 14.8 Å². The summed E-state index contributed by atoms with van der Waals surface area (Å²) in [6.45, 7) is 3.82. The molecule has 40 heavy (non-hydrogen) atoms. The molecule has 1 aromatic heterocycles. The quantitative estimate of drug-likeness (QED) is 0.0632. The van der Waals surface area contributed by atoms with Gasteiger partial charge in [0.2, 0.25) is 0 Å². The maximum absolute atomic E-state index is 13.5. The van der Waals surface area contributed by atoms with Crippen molar-refractivity contribution < 1.29 is 83.7 Å². The van der Waals surface area contributed by atoms with E-state index >= 15 is 0 Å². The Kier molecular flexibility index (Phi) is 12.5. The smallest absolute Gasteiger partial charge is 0.649 e. The van der Waals surface area contributed by atoms with Crippen LogP contribution in [0.4, 0.5) is 5.82 Å². The number of rotatable bonds is 11. The molecule has 2 aliphatic heterocycles. The van der Waals surface area contributed by atoms with Crippen LogP contribution in [0.15, 0.2) is 70.8 Å². The Hall–Kier alpha value is -1.01. The van der Waals surface area contributed by atoms with Crippen LogP contribution in [-0.4, -0.2) is 81.7 Å². The molecule has 2 saturated heterocycles. The number of carbonyl (C=O) groups is 1. The monoisotopic (exact) mass is 634 g/mol. The van der Waals surface area contributed by atoms with Crippen LogP contribution < -0.4 is 56.3 Å². The maximum atomic E-state index is 13.5. The molecule has 3 heterocycles. The Balaban J connectivity index is 0.00000441. The summed E-state index contributed by atoms with van der Waals surface area (Å²) < 4.78 is 42.1. The summed E-state index contributed by atoms with van der Waals surface area (Å²) in [6, 6.07) is 4.79. The number of anilines is 1. The van der Waals surface area contributed by atoms with Crippen molar-refractivity contribution in [3.05, 3.63) is 77.5 Å². The van der Waals surface area contributed by atoms with Gasteiger partial charge in [0.15, 0.2) is 11.4 Å². The number of nitrogens with zero attached hydrogens (tertiary/aromatic N) is 4. The number of unbranched alkanes of at least 4 members (excludes halogenated alkanes) is 1. The first kappa shape index (κ1) is 33.5. The average Bonchev–Trinajstić information content (AvgIpc) is 3.39. The number of hydrogen-bond acceptors (Lipinski definition) is 9. The number of aliphatic hydroxyl groups is 1. The number of amides is 1. The largest absolute Gasteiger partial charge is 1.00 e. The fourth-order valence-corrected chi connectivity index (χ4v) is 5.45. The zero-order valence-electron chi connectivity index (χ0n) is 22.0. The summed E-state index contributed by atoms with van der Waals surface area (Å²) >= 11 is 12.2. The normalized spacial score (nSPS) is 22.2. The number of hydrogen-bond donors (Lipinski definition) is 2. The van der Waals surface area contributed by atoms with Gasteiger partial charge in [-0.1, -0.05) is 30.5 Å². The van der Waals surface area contributed by atoms with Crippen LogP contribution in [0, 0.1) is 6.73 Å². The van der Waals surface area contributed by atoms with Gasteiger partial charge in [0.05, 0.1) is 24.2 Å². The first-order chi connectivity index (χ1) is 18.6. The summed E-state index contributed by atoms with van der Waals surface area (Å²) in [7, 11) is -4.03. The molecule has 2 unspecified atom stereocenters. The minimum absolute atomic E-state index is 0. The number of ether oxygens (including phenoxy) is 2. The third-order valence-corrected chi connectivity index (χ3v) is 7.62. The second-order valence-electron chi connectivity index (χ2n) is 8.85. The molecule has 0 saturated carbocycles. The van der Waals surface area contributed by atoms with Crippen molar-refractivity contribution in [2.45, 2.75) is 32.1 Å². The standard InChI is InChI=1S/C25H28ClN4O7S2.K/c1-17(31)36-14-13-29-20(24(32)30(25(29)38)22-6-2-3-11-27-22)9-7-18-19(26)8-10-21-23(18)28(16-37-21)12-4-5-15-39(33,34)35;/h2-3,6-11,16-17,23,31H,4-5,12-15H2,1H3,(H,33,34,35);/q-1;+1. The predicted octanol–water partition coefficient (Wildman–Crippen LogP) is -0.307. The number of carbonyl (C=O) groups excluding carboxylic acids is 1. The fraction of sp³-hybridized carbons (Fsp3) is 0.360. The second kappa shape index (κ2) is 14.9. The molecule has 1 amide bonds. The molecule has 2 fully saturated rings. The predicted molar refractivity (Wildman–Crippen MR) is 148 cm³/mol. The molecule has 15 heteroatoms. The van der Waals surface area contributed by atoms with Gasteiger partial charge in [-0.2, -0.15) is 8.42 Å². The fourth-order valence-electron chi connectivity index (χ4n) is 4.28. The van der Waals surface area contributed by atoms with E-state index in [9.17, 15) is 18.3 Å². The zero-order valence-corrected chi connectivity index (χ0v) is 27.5. The number of fused-ring (bicyclic) bond motifs is 1. The Labute approximate surface area is 286 Å². The molecule has 11 nitrogen and oxygen atoms in total. The van der Waals surface area contributed by atoms with E-state index in [-0.39, 0.29) is 99.5 Å². The summed E-state index contributed by atoms with van der Waals surface area (Å²) in [5.74, 6) is 0.300. The average molecular weight is 635 g/mol. The van der Waals surface area contributed by atoms with Gasteiger partial charge >= 0.3 is 51.4 Å². The summed E-state index contributed by atoms with van der Waals surface area (Å²) in [6.07, 6.45) is 8.16. The van der Waals surface area contributed by atoms with E-state index in [1.807, 2.05) is 4.90 Å². The van der Waals surface area contributed by atoms with Crippen LogP contribution >= 0.6 is 23.8 Å². The van der Waals surface area contributed by atoms with Crippen molar-refractivity contribution in [3.63, 3.8) is 0 Å². The number of halogens is 1. The molecule has 210 valence electrons. The maximum Gasteiger partial charge on any atom is 1.00 e. The van der Waals surface area contributed by atoms with Gasteiger partial charge in [0, 0.05) is 17.8 Å². The van der Waals surface area contributed by atoms with Crippen LogP contribution in [0.2, 0.25) is 0 Å². The third kappa shape index (κ3) is 8.30. The topological polar surface area (TPSA) is 133 Å². The number of pyridine rings is 1. The summed E-state index contributed by atoms with van der Waals surface area (Å²) in [4.78, 5) is 22.6. The van der Waals surface area contributed by atoms with Gasteiger partial charge in [-0.25, -0.2) is 9.88 Å². The third-order valence-electron chi connectivity index (χ3n) is 6.07. The Morgan fingerprint density at radius 3 is 2.73 bits per heavy atom. The van der Waals surface area contributed by atoms with Crippen LogP contribution in [0.3, 0.4) is 0 Å². The molecule has 1 aromatic rings. The van der Waals surface area contributed by atoms with Crippen LogP contribution in [0.1, 0.15) is 19.8 Å². The zero-order chi connectivity index (χ0) is 28.2. The van der Waals surface area contributed by atoms with Gasteiger partial charge in [-0.3, -0.25) is 9.35 Å². The Morgan fingerprint density at radius 1 is 1.27 bits per heavy atom. The van der Waals surface area contributed by atoms with Crippen molar-refractivity contribution in [2.24, 2.45) is 0 Å². The minimum atomic E-state index is -4.03. The molecule has 0 radical (unpaired) electrons. The first-order valence-electron chi connectivity index (χ1n) is 12.1. The van der Waals surface area contributed by atoms with E-state index in [0.29, 0.717) is 35.1 Å². The molecule has 3 aliphatic rings. The van der Waals surface area contributed by atoms with Crippen molar-refractivity contribution >= 4 is 50.8 Å². The van der Waals surface area contributed by atoms with Gasteiger partial charge in [-0.05, 0) is 74.5 Å². The molecule has 0 bridgehead atoms. The molecular weight excluding hydrogens is 607 g/mol. The molecule has 0 spiro atoms. The SMILES string of the molecule is CC(O)OCCN1C(=S)N(c2ccccn2)C(=O)C1=CC=C1C(Cl)=CC=C2O[CH-]N(CCCCS(=O)(=O)O)C21.[K+]. The van der Waals surface area contributed by atoms with Gasteiger partial charge in [0.25, 0.3) is 16.0 Å². The summed E-state index contributed by atoms with van der Waals surface area (Å²) in [5.41, 5.74) is 0.941. The molecular formula is C25H28ClKN4O7S2. The van der Waals surface area contributed by atoms with Gasteiger partial charge in [-0.15, -0.1) is 0 Å². The van der Waals surface area contributed by atoms with Crippen LogP contribution in [0.25, 0.3) is 0 Å². The van der Waals surface area contributed by atoms with Gasteiger partial charge in [0.1, 0.15) is 11.5 Å². The minimum Gasteiger partial charge on any atom is -0.649 e. The van der Waals surface area contributed by atoms with E-state index in [2.05, 4.69) is 4.98 Å². The number of aromatic nitrogens is 1. The van der Waals surface area contributed by atoms with Crippen LogP contribution in [0.5, 0.6) is 0 Å². The molecule has 4 rings (SSSR count). The molecule has 2 N–H and O–H groups in total.